The molecule has 3 rings (SSSR count). The average molecular weight is 404 g/mol. The van der Waals surface area contributed by atoms with Gasteiger partial charge in [-0.1, -0.05) is 32.4 Å². The van der Waals surface area contributed by atoms with Crippen LogP contribution in [0.15, 0.2) is 50.7 Å². The van der Waals surface area contributed by atoms with E-state index in [0.29, 0.717) is 11.3 Å². The van der Waals surface area contributed by atoms with E-state index in [1.54, 1.807) is 18.2 Å². The highest BCUT2D eigenvalue weighted by atomic mass is 32.2. The summed E-state index contributed by atoms with van der Waals surface area (Å²) in [5.74, 6) is 1.29. The summed E-state index contributed by atoms with van der Waals surface area (Å²) in [6.07, 6.45) is 0.720. The number of sulfonamides is 1. The molecule has 150 valence electrons. The zero-order chi connectivity index (χ0) is 20.5. The second-order valence-corrected chi connectivity index (χ2v) is 8.74. The summed E-state index contributed by atoms with van der Waals surface area (Å²) in [5, 5.41) is 2.93. The fraction of sp³-hybridized carbons (Fsp3) is 0.400. The SMILES string of the molecule is CC[C@H](C)[C@H](N=C1NS(=O)(=O)c2ccccc21)C(=O)NC(C)c1ccc(C)o1. The predicted octanol–water partition coefficient (Wildman–Crippen LogP) is 2.92. The maximum atomic E-state index is 13.0. The van der Waals surface area contributed by atoms with Gasteiger partial charge in [0.05, 0.1) is 10.9 Å². The molecule has 0 radical (unpaired) electrons. The average Bonchev–Trinajstić information content (AvgIpc) is 3.20. The molecule has 0 aliphatic carbocycles. The van der Waals surface area contributed by atoms with Crippen molar-refractivity contribution in [3.63, 3.8) is 0 Å². The summed E-state index contributed by atoms with van der Waals surface area (Å²) >= 11 is 0. The molecule has 1 aromatic heterocycles. The molecule has 1 aromatic carbocycles. The Morgan fingerprint density at radius 3 is 2.57 bits per heavy atom. The molecule has 0 saturated carbocycles. The number of fused-ring (bicyclic) bond motifs is 1. The molecule has 2 N–H and O–H groups in total. The van der Waals surface area contributed by atoms with Gasteiger partial charge in [0, 0.05) is 5.56 Å². The number of amides is 1. The Balaban J connectivity index is 1.89. The van der Waals surface area contributed by atoms with Crippen LogP contribution in [-0.4, -0.2) is 26.2 Å². The van der Waals surface area contributed by atoms with Crippen molar-refractivity contribution in [1.82, 2.24) is 10.0 Å². The van der Waals surface area contributed by atoms with Crippen LogP contribution in [0.1, 0.15) is 50.3 Å². The van der Waals surface area contributed by atoms with Gasteiger partial charge in [0.2, 0.25) is 5.91 Å². The van der Waals surface area contributed by atoms with Crippen molar-refractivity contribution >= 4 is 21.8 Å². The summed E-state index contributed by atoms with van der Waals surface area (Å²) in [6, 6.07) is 9.24. The van der Waals surface area contributed by atoms with Crippen LogP contribution in [0.2, 0.25) is 0 Å². The van der Waals surface area contributed by atoms with Crippen LogP contribution in [0, 0.1) is 12.8 Å². The third-order valence-corrected chi connectivity index (χ3v) is 6.33. The number of hydrogen-bond donors (Lipinski definition) is 2. The Bertz CT molecular complexity index is 1010. The fourth-order valence-electron chi connectivity index (χ4n) is 3.09. The van der Waals surface area contributed by atoms with Crippen molar-refractivity contribution in [2.75, 3.05) is 0 Å². The number of carbonyl (C=O) groups excluding carboxylic acids is 1. The van der Waals surface area contributed by atoms with Crippen molar-refractivity contribution in [2.45, 2.75) is 51.1 Å². The third kappa shape index (κ3) is 3.96. The summed E-state index contributed by atoms with van der Waals surface area (Å²) in [4.78, 5) is 17.7. The van der Waals surface area contributed by atoms with E-state index < -0.39 is 16.1 Å². The van der Waals surface area contributed by atoms with Crippen LogP contribution in [0.25, 0.3) is 0 Å². The molecule has 28 heavy (non-hydrogen) atoms. The van der Waals surface area contributed by atoms with Crippen LogP contribution < -0.4 is 10.0 Å². The minimum atomic E-state index is -3.65. The van der Waals surface area contributed by atoms with Crippen molar-refractivity contribution in [3.8, 4) is 0 Å². The van der Waals surface area contributed by atoms with E-state index in [9.17, 15) is 13.2 Å². The minimum absolute atomic E-state index is 0.0738. The zero-order valence-electron chi connectivity index (χ0n) is 16.4. The molecule has 8 heteroatoms. The highest BCUT2D eigenvalue weighted by molar-refractivity contribution is 7.90. The number of benzene rings is 1. The number of nitrogens with one attached hydrogen (secondary N) is 2. The van der Waals surface area contributed by atoms with Gasteiger partial charge in [-0.3, -0.25) is 14.5 Å². The number of carbonyl (C=O) groups is 1. The monoisotopic (exact) mass is 403 g/mol. The maximum Gasteiger partial charge on any atom is 0.263 e. The Morgan fingerprint density at radius 2 is 1.93 bits per heavy atom. The molecule has 1 aliphatic rings. The molecular formula is C20H25N3O4S. The van der Waals surface area contributed by atoms with Crippen molar-refractivity contribution < 1.29 is 17.6 Å². The molecule has 7 nitrogen and oxygen atoms in total. The summed E-state index contributed by atoms with van der Waals surface area (Å²) in [7, 11) is -3.65. The molecule has 1 amide bonds. The summed E-state index contributed by atoms with van der Waals surface area (Å²) in [6.45, 7) is 7.57. The maximum absolute atomic E-state index is 13.0. The van der Waals surface area contributed by atoms with Gasteiger partial charge in [0.25, 0.3) is 10.0 Å². The molecule has 0 saturated heterocycles. The van der Waals surface area contributed by atoms with Gasteiger partial charge < -0.3 is 9.73 Å². The topological polar surface area (TPSA) is 101 Å². The lowest BCUT2D eigenvalue weighted by Crippen LogP contribution is -2.40. The number of aliphatic imine (C=N–C) groups is 1. The van der Waals surface area contributed by atoms with Gasteiger partial charge in [-0.25, -0.2) is 8.42 Å². The Labute approximate surface area is 165 Å². The molecule has 2 heterocycles. The van der Waals surface area contributed by atoms with Crippen molar-refractivity contribution in [3.05, 3.63) is 53.5 Å². The van der Waals surface area contributed by atoms with E-state index in [2.05, 4.69) is 15.0 Å². The summed E-state index contributed by atoms with van der Waals surface area (Å²) < 4.78 is 32.7. The fourth-order valence-corrected chi connectivity index (χ4v) is 4.33. The molecule has 0 bridgehead atoms. The van der Waals surface area contributed by atoms with Crippen molar-refractivity contribution in [1.29, 1.82) is 0 Å². The van der Waals surface area contributed by atoms with Crippen LogP contribution in [0.4, 0.5) is 0 Å². The second-order valence-electron chi connectivity index (χ2n) is 7.09. The van der Waals surface area contributed by atoms with Gasteiger partial charge in [0.15, 0.2) is 0 Å². The third-order valence-electron chi connectivity index (χ3n) is 4.93. The van der Waals surface area contributed by atoms with E-state index in [1.807, 2.05) is 39.8 Å². The van der Waals surface area contributed by atoms with Crippen LogP contribution in [-0.2, 0) is 14.8 Å². The predicted molar refractivity (Wildman–Crippen MR) is 107 cm³/mol. The molecule has 3 atom stereocenters. The van der Waals surface area contributed by atoms with Crippen LogP contribution in [0.3, 0.4) is 0 Å². The first-order valence-electron chi connectivity index (χ1n) is 9.29. The zero-order valence-corrected chi connectivity index (χ0v) is 17.2. The van der Waals surface area contributed by atoms with Gasteiger partial charge >= 0.3 is 0 Å². The van der Waals surface area contributed by atoms with Gasteiger partial charge in [-0.2, -0.15) is 0 Å². The Morgan fingerprint density at radius 1 is 1.21 bits per heavy atom. The highest BCUT2D eigenvalue weighted by Crippen LogP contribution is 2.24. The quantitative estimate of drug-likeness (QED) is 0.774. The first kappa shape index (κ1) is 20.1. The largest absolute Gasteiger partial charge is 0.464 e. The molecule has 2 aromatic rings. The second kappa shape index (κ2) is 7.79. The molecule has 1 unspecified atom stereocenters. The number of amidine groups is 1. The summed E-state index contributed by atoms with van der Waals surface area (Å²) in [5.41, 5.74) is 0.485. The molecular weight excluding hydrogens is 378 g/mol. The van der Waals surface area contributed by atoms with Crippen LogP contribution >= 0.6 is 0 Å². The van der Waals surface area contributed by atoms with Gasteiger partial charge in [-0.05, 0) is 44.0 Å². The first-order valence-corrected chi connectivity index (χ1v) is 10.8. The van der Waals surface area contributed by atoms with Crippen LogP contribution in [0.5, 0.6) is 0 Å². The molecule has 0 fully saturated rings. The number of rotatable bonds is 6. The lowest BCUT2D eigenvalue weighted by atomic mass is 9.98. The Hall–Kier alpha value is -2.61. The van der Waals surface area contributed by atoms with E-state index in [-0.39, 0.29) is 28.6 Å². The van der Waals surface area contributed by atoms with E-state index >= 15 is 0 Å². The number of nitrogens with zero attached hydrogens (tertiary/aromatic N) is 1. The smallest absolute Gasteiger partial charge is 0.263 e. The number of hydrogen-bond acceptors (Lipinski definition) is 5. The molecule has 0 spiro atoms. The minimum Gasteiger partial charge on any atom is -0.464 e. The molecule has 1 aliphatic heterocycles. The normalized spacial score (nSPS) is 19.5. The van der Waals surface area contributed by atoms with Gasteiger partial charge in [-0.15, -0.1) is 0 Å². The van der Waals surface area contributed by atoms with E-state index in [1.165, 1.54) is 6.07 Å². The van der Waals surface area contributed by atoms with E-state index in [0.717, 1.165) is 12.2 Å². The standard InChI is InChI=1S/C20H25N3O4S/c1-5-12(2)18(20(24)21-14(4)16-11-10-13(3)27-16)22-19-15-8-6-7-9-17(15)28(25,26)23-19/h6-12,14,18H,5H2,1-4H3,(H,21,24)(H,22,23)/t12-,14?,18-/m0/s1. The van der Waals surface area contributed by atoms with Crippen molar-refractivity contribution in [2.24, 2.45) is 10.9 Å². The Kier molecular flexibility index (Phi) is 5.60. The van der Waals surface area contributed by atoms with Gasteiger partial charge in [0.1, 0.15) is 23.4 Å². The highest BCUT2D eigenvalue weighted by Gasteiger charge is 2.33. The lowest BCUT2D eigenvalue weighted by molar-refractivity contribution is -0.124. The number of furan rings is 1. The van der Waals surface area contributed by atoms with E-state index in [4.69, 9.17) is 4.42 Å². The first-order chi connectivity index (χ1) is 13.2. The lowest BCUT2D eigenvalue weighted by Gasteiger charge is -2.21. The number of aryl methyl sites for hydroxylation is 1.